The molecule has 1 aliphatic carbocycles. The van der Waals surface area contributed by atoms with Crippen LogP contribution in [0.5, 0.6) is 0 Å². The molecule has 2 fully saturated rings. The number of aryl methyl sites for hydroxylation is 1. The molecule has 144 valence electrons. The SMILES string of the molecule is CC(C)(O)CCc1ccc(C(=O)N2CCN(CC3CCCC3)CC2)cc1. The Hall–Kier alpha value is -1.39. The normalized spacial score (nSPS) is 19.9. The summed E-state index contributed by atoms with van der Waals surface area (Å²) in [5.74, 6) is 1.04. The van der Waals surface area contributed by atoms with E-state index in [4.69, 9.17) is 0 Å². The molecule has 1 amide bonds. The fourth-order valence-electron chi connectivity index (χ4n) is 4.14. The van der Waals surface area contributed by atoms with Gasteiger partial charge in [0, 0.05) is 38.3 Å². The van der Waals surface area contributed by atoms with Gasteiger partial charge in [-0.15, -0.1) is 0 Å². The highest BCUT2D eigenvalue weighted by molar-refractivity contribution is 5.94. The van der Waals surface area contributed by atoms with Gasteiger partial charge < -0.3 is 10.0 Å². The molecule has 4 nitrogen and oxygen atoms in total. The van der Waals surface area contributed by atoms with Crippen molar-refractivity contribution < 1.29 is 9.90 Å². The van der Waals surface area contributed by atoms with E-state index in [1.54, 1.807) is 0 Å². The Balaban J connectivity index is 1.47. The van der Waals surface area contributed by atoms with Gasteiger partial charge in [0.15, 0.2) is 0 Å². The van der Waals surface area contributed by atoms with Crippen molar-refractivity contribution in [2.75, 3.05) is 32.7 Å². The molecular weight excluding hydrogens is 324 g/mol. The van der Waals surface area contributed by atoms with Crippen molar-refractivity contribution >= 4 is 5.91 Å². The van der Waals surface area contributed by atoms with Crippen LogP contribution in [-0.2, 0) is 6.42 Å². The van der Waals surface area contributed by atoms with Gasteiger partial charge in [-0.1, -0.05) is 25.0 Å². The summed E-state index contributed by atoms with van der Waals surface area (Å²) in [6.45, 7) is 8.57. The second-order valence-electron chi connectivity index (χ2n) is 8.75. The van der Waals surface area contributed by atoms with Gasteiger partial charge in [-0.05, 0) is 63.1 Å². The summed E-state index contributed by atoms with van der Waals surface area (Å²) in [5.41, 5.74) is 1.30. The van der Waals surface area contributed by atoms with Crippen molar-refractivity contribution in [2.45, 2.75) is 58.0 Å². The molecule has 0 aromatic heterocycles. The van der Waals surface area contributed by atoms with Gasteiger partial charge in [0.25, 0.3) is 5.91 Å². The molecule has 26 heavy (non-hydrogen) atoms. The molecule has 1 N–H and O–H groups in total. The molecular formula is C22H34N2O2. The van der Waals surface area contributed by atoms with Crippen LogP contribution in [0.15, 0.2) is 24.3 Å². The van der Waals surface area contributed by atoms with Gasteiger partial charge >= 0.3 is 0 Å². The first-order chi connectivity index (χ1) is 12.4. The predicted octanol–water partition coefficient (Wildman–Crippen LogP) is 3.34. The fraction of sp³-hybridized carbons (Fsp3) is 0.682. The average Bonchev–Trinajstić information content (AvgIpc) is 3.13. The molecule has 1 saturated carbocycles. The van der Waals surface area contributed by atoms with E-state index in [9.17, 15) is 9.90 Å². The summed E-state index contributed by atoms with van der Waals surface area (Å²) in [6, 6.07) is 7.92. The van der Waals surface area contributed by atoms with Crippen LogP contribution in [0.1, 0.15) is 61.9 Å². The van der Waals surface area contributed by atoms with Gasteiger partial charge in [0.05, 0.1) is 5.60 Å². The van der Waals surface area contributed by atoms with E-state index in [0.29, 0.717) is 0 Å². The Morgan fingerprint density at radius 3 is 2.27 bits per heavy atom. The molecule has 3 rings (SSSR count). The highest BCUT2D eigenvalue weighted by Gasteiger charge is 2.25. The van der Waals surface area contributed by atoms with Crippen LogP contribution in [0.4, 0.5) is 0 Å². The third-order valence-electron chi connectivity index (χ3n) is 5.88. The van der Waals surface area contributed by atoms with Gasteiger partial charge in [0.2, 0.25) is 0 Å². The largest absolute Gasteiger partial charge is 0.390 e. The Morgan fingerprint density at radius 2 is 1.69 bits per heavy atom. The number of rotatable bonds is 6. The Morgan fingerprint density at radius 1 is 1.08 bits per heavy atom. The molecule has 1 aromatic rings. The molecule has 1 aliphatic heterocycles. The second kappa shape index (κ2) is 8.53. The maximum absolute atomic E-state index is 12.7. The molecule has 1 heterocycles. The van der Waals surface area contributed by atoms with Crippen LogP contribution >= 0.6 is 0 Å². The number of hydrogen-bond donors (Lipinski definition) is 1. The lowest BCUT2D eigenvalue weighted by Gasteiger charge is -2.36. The van der Waals surface area contributed by atoms with E-state index in [0.717, 1.165) is 50.5 Å². The molecule has 0 atom stereocenters. The minimum atomic E-state index is -0.646. The quantitative estimate of drug-likeness (QED) is 0.848. The molecule has 0 radical (unpaired) electrons. The molecule has 0 unspecified atom stereocenters. The number of carbonyl (C=O) groups is 1. The van der Waals surface area contributed by atoms with Crippen LogP contribution in [0, 0.1) is 5.92 Å². The lowest BCUT2D eigenvalue weighted by Crippen LogP contribution is -2.49. The van der Waals surface area contributed by atoms with Gasteiger partial charge in [-0.2, -0.15) is 0 Å². The highest BCUT2D eigenvalue weighted by Crippen LogP contribution is 2.26. The number of hydrogen-bond acceptors (Lipinski definition) is 3. The Kier molecular flexibility index (Phi) is 6.36. The van der Waals surface area contributed by atoms with Crippen LogP contribution in [0.2, 0.25) is 0 Å². The predicted molar refractivity (Wildman–Crippen MR) is 105 cm³/mol. The number of amides is 1. The summed E-state index contributed by atoms with van der Waals surface area (Å²) < 4.78 is 0. The van der Waals surface area contributed by atoms with Crippen molar-refractivity contribution in [1.82, 2.24) is 9.80 Å². The summed E-state index contributed by atoms with van der Waals surface area (Å²) in [6.07, 6.45) is 7.13. The second-order valence-corrected chi connectivity index (χ2v) is 8.75. The lowest BCUT2D eigenvalue weighted by molar-refractivity contribution is 0.0617. The molecule has 1 aromatic carbocycles. The molecule has 4 heteroatoms. The van der Waals surface area contributed by atoms with Crippen LogP contribution < -0.4 is 0 Å². The summed E-state index contributed by atoms with van der Waals surface area (Å²) >= 11 is 0. The van der Waals surface area contributed by atoms with Gasteiger partial charge in [0.1, 0.15) is 0 Å². The third kappa shape index (κ3) is 5.55. The maximum Gasteiger partial charge on any atom is 0.253 e. The van der Waals surface area contributed by atoms with E-state index in [1.165, 1.54) is 37.8 Å². The summed E-state index contributed by atoms with van der Waals surface area (Å²) in [7, 11) is 0. The Bertz CT molecular complexity index is 577. The van der Waals surface area contributed by atoms with Crippen LogP contribution in [0.3, 0.4) is 0 Å². The number of piperazine rings is 1. The zero-order valence-corrected chi connectivity index (χ0v) is 16.4. The van der Waals surface area contributed by atoms with Crippen LogP contribution in [-0.4, -0.2) is 59.1 Å². The van der Waals surface area contributed by atoms with E-state index >= 15 is 0 Å². The zero-order valence-electron chi connectivity index (χ0n) is 16.4. The summed E-state index contributed by atoms with van der Waals surface area (Å²) in [4.78, 5) is 17.3. The van der Waals surface area contributed by atoms with Gasteiger partial charge in [-0.3, -0.25) is 9.69 Å². The maximum atomic E-state index is 12.7. The zero-order chi connectivity index (χ0) is 18.6. The van der Waals surface area contributed by atoms with Crippen LogP contribution in [0.25, 0.3) is 0 Å². The third-order valence-corrected chi connectivity index (χ3v) is 5.88. The average molecular weight is 359 g/mol. The lowest BCUT2D eigenvalue weighted by atomic mass is 9.98. The summed E-state index contributed by atoms with van der Waals surface area (Å²) in [5, 5.41) is 9.84. The smallest absolute Gasteiger partial charge is 0.253 e. The van der Waals surface area contributed by atoms with Crippen molar-refractivity contribution in [2.24, 2.45) is 5.92 Å². The van der Waals surface area contributed by atoms with Crippen molar-refractivity contribution in [1.29, 1.82) is 0 Å². The van der Waals surface area contributed by atoms with Crippen molar-refractivity contribution in [3.8, 4) is 0 Å². The molecule has 0 bridgehead atoms. The van der Waals surface area contributed by atoms with E-state index < -0.39 is 5.60 Å². The number of benzene rings is 1. The highest BCUT2D eigenvalue weighted by atomic mass is 16.3. The number of carbonyl (C=O) groups excluding carboxylic acids is 1. The fourth-order valence-corrected chi connectivity index (χ4v) is 4.14. The first-order valence-electron chi connectivity index (χ1n) is 10.2. The molecule has 0 spiro atoms. The standard InChI is InChI=1S/C22H34N2O2/c1-22(2,26)12-11-18-7-9-20(10-8-18)21(25)24-15-13-23(14-16-24)17-19-5-3-4-6-19/h7-10,19,26H,3-6,11-17H2,1-2H3. The molecule has 1 saturated heterocycles. The molecule has 2 aliphatic rings. The monoisotopic (exact) mass is 358 g/mol. The Labute approximate surface area is 158 Å². The van der Waals surface area contributed by atoms with Crippen molar-refractivity contribution in [3.63, 3.8) is 0 Å². The van der Waals surface area contributed by atoms with Crippen molar-refractivity contribution in [3.05, 3.63) is 35.4 Å². The number of nitrogens with zero attached hydrogens (tertiary/aromatic N) is 2. The van der Waals surface area contributed by atoms with E-state index in [2.05, 4.69) is 4.90 Å². The van der Waals surface area contributed by atoms with E-state index in [-0.39, 0.29) is 5.91 Å². The minimum Gasteiger partial charge on any atom is -0.390 e. The van der Waals surface area contributed by atoms with E-state index in [1.807, 2.05) is 43.0 Å². The minimum absolute atomic E-state index is 0.152. The number of aliphatic hydroxyl groups is 1. The van der Waals surface area contributed by atoms with Gasteiger partial charge in [-0.25, -0.2) is 0 Å². The topological polar surface area (TPSA) is 43.8 Å². The first-order valence-corrected chi connectivity index (χ1v) is 10.2. The first kappa shape index (κ1) is 19.4.